The molecule has 1 aliphatic rings. The van der Waals surface area contributed by atoms with Gasteiger partial charge in [-0.1, -0.05) is 12.1 Å². The van der Waals surface area contributed by atoms with Crippen LogP contribution in [0.25, 0.3) is 33.0 Å². The molecule has 10 nitrogen and oxygen atoms in total. The number of anilines is 1. The first kappa shape index (κ1) is 20.8. The molecule has 34 heavy (non-hydrogen) atoms. The third-order valence-corrected chi connectivity index (χ3v) is 7.16. The van der Waals surface area contributed by atoms with Crippen molar-refractivity contribution in [1.82, 2.24) is 29.3 Å². The smallest absolute Gasteiger partial charge is 0.275 e. The first-order valence-electron chi connectivity index (χ1n) is 11.3. The van der Waals surface area contributed by atoms with E-state index in [1.807, 2.05) is 41.1 Å². The van der Waals surface area contributed by atoms with Crippen molar-refractivity contribution in [2.75, 3.05) is 5.73 Å². The SMILES string of the molecule is Cn1[nH]c2nc3cc(CC[C@H]4C[C@@H](n5ccc6c(N)ncnc65)[C@H](O)[C@@H]4O)ccc3cc2c1=O. The number of pyridine rings is 1. The Kier molecular flexibility index (Phi) is 4.68. The maximum atomic E-state index is 12.2. The van der Waals surface area contributed by atoms with Crippen molar-refractivity contribution in [1.29, 1.82) is 0 Å². The average molecular weight is 460 g/mol. The highest BCUT2D eigenvalue weighted by Crippen LogP contribution is 2.39. The summed E-state index contributed by atoms with van der Waals surface area (Å²) in [4.78, 5) is 25.1. The van der Waals surface area contributed by atoms with E-state index in [4.69, 9.17) is 5.73 Å². The second kappa shape index (κ2) is 7.64. The minimum Gasteiger partial charge on any atom is -0.390 e. The molecule has 174 valence electrons. The number of aromatic nitrogens is 6. The molecule has 0 unspecified atom stereocenters. The Labute approximate surface area is 193 Å². The number of aryl methyl sites for hydroxylation is 2. The standard InChI is InChI=1S/C24H25N7O3/c1-30-24(34)16-9-13-4-2-12(8-17(13)28-22(16)29-30)3-5-14-10-18(20(33)19(14)32)31-7-6-15-21(25)26-11-27-23(15)31/h2,4,6-9,11,14,18-20,32-33H,3,5,10H2,1H3,(H,28,29)(H2,25,26,27)/t14-,18+,19+,20-/m0/s1. The molecule has 4 atom stereocenters. The number of hydrogen-bond acceptors (Lipinski definition) is 7. The third kappa shape index (κ3) is 3.17. The highest BCUT2D eigenvalue weighted by Gasteiger charge is 2.42. The Morgan fingerprint density at radius 1 is 1.15 bits per heavy atom. The first-order valence-corrected chi connectivity index (χ1v) is 11.3. The second-order valence-corrected chi connectivity index (χ2v) is 9.19. The number of aromatic amines is 1. The molecule has 1 saturated carbocycles. The Bertz CT molecular complexity index is 1600. The molecule has 6 rings (SSSR count). The van der Waals surface area contributed by atoms with Gasteiger partial charge in [0.05, 0.1) is 28.4 Å². The van der Waals surface area contributed by atoms with Crippen molar-refractivity contribution in [3.63, 3.8) is 0 Å². The highest BCUT2D eigenvalue weighted by atomic mass is 16.3. The van der Waals surface area contributed by atoms with Crippen molar-refractivity contribution in [3.05, 3.63) is 58.8 Å². The summed E-state index contributed by atoms with van der Waals surface area (Å²) in [5, 5.41) is 26.8. The van der Waals surface area contributed by atoms with Gasteiger partial charge < -0.3 is 20.5 Å². The van der Waals surface area contributed by atoms with Crippen molar-refractivity contribution in [2.24, 2.45) is 13.0 Å². The molecule has 1 fully saturated rings. The van der Waals surface area contributed by atoms with Gasteiger partial charge in [0.2, 0.25) is 0 Å². The van der Waals surface area contributed by atoms with Crippen LogP contribution in [-0.2, 0) is 13.5 Å². The molecular weight excluding hydrogens is 434 g/mol. The van der Waals surface area contributed by atoms with Crippen LogP contribution in [0.15, 0.2) is 47.7 Å². The lowest BCUT2D eigenvalue weighted by atomic mass is 9.95. The van der Waals surface area contributed by atoms with Gasteiger partial charge >= 0.3 is 0 Å². The minimum atomic E-state index is -0.891. The summed E-state index contributed by atoms with van der Waals surface area (Å²) in [6.45, 7) is 0. The Hall–Kier alpha value is -3.76. The summed E-state index contributed by atoms with van der Waals surface area (Å²) in [5.74, 6) is 0.336. The number of nitrogens with one attached hydrogen (secondary N) is 1. The average Bonchev–Trinajstić information content (AvgIpc) is 3.46. The number of aliphatic hydroxyl groups excluding tert-OH is 2. The van der Waals surface area contributed by atoms with Gasteiger partial charge in [0.15, 0.2) is 5.65 Å². The maximum Gasteiger partial charge on any atom is 0.275 e. The van der Waals surface area contributed by atoms with Gasteiger partial charge in [0.25, 0.3) is 5.56 Å². The fourth-order valence-corrected chi connectivity index (χ4v) is 5.28. The van der Waals surface area contributed by atoms with E-state index < -0.39 is 12.2 Å². The van der Waals surface area contributed by atoms with E-state index in [0.29, 0.717) is 28.9 Å². The van der Waals surface area contributed by atoms with E-state index in [0.717, 1.165) is 34.7 Å². The van der Waals surface area contributed by atoms with E-state index in [9.17, 15) is 15.0 Å². The lowest BCUT2D eigenvalue weighted by molar-refractivity contribution is 0.00545. The van der Waals surface area contributed by atoms with Crippen LogP contribution >= 0.6 is 0 Å². The molecule has 0 aliphatic heterocycles. The van der Waals surface area contributed by atoms with Gasteiger partial charge in [-0.15, -0.1) is 0 Å². The molecule has 0 bridgehead atoms. The maximum absolute atomic E-state index is 12.2. The molecule has 1 aromatic carbocycles. The summed E-state index contributed by atoms with van der Waals surface area (Å²) in [7, 11) is 1.67. The van der Waals surface area contributed by atoms with Crippen LogP contribution in [0, 0.1) is 5.92 Å². The molecule has 0 saturated heterocycles. The highest BCUT2D eigenvalue weighted by molar-refractivity contribution is 5.91. The van der Waals surface area contributed by atoms with Gasteiger partial charge in [0, 0.05) is 18.6 Å². The Balaban J connectivity index is 1.22. The molecule has 4 heterocycles. The van der Waals surface area contributed by atoms with E-state index in [-0.39, 0.29) is 17.5 Å². The van der Waals surface area contributed by atoms with Crippen molar-refractivity contribution in [2.45, 2.75) is 37.5 Å². The molecule has 10 heteroatoms. The number of nitrogens with two attached hydrogens (primary N) is 1. The van der Waals surface area contributed by atoms with Gasteiger partial charge in [-0.2, -0.15) is 0 Å². The summed E-state index contributed by atoms with van der Waals surface area (Å²) in [6, 6.07) is 9.45. The molecule has 0 amide bonds. The van der Waals surface area contributed by atoms with E-state index in [1.165, 1.54) is 11.0 Å². The van der Waals surface area contributed by atoms with Crippen molar-refractivity contribution < 1.29 is 10.2 Å². The molecule has 0 radical (unpaired) electrons. The van der Waals surface area contributed by atoms with E-state index in [2.05, 4.69) is 20.1 Å². The number of hydrogen-bond donors (Lipinski definition) is 4. The number of benzene rings is 1. The van der Waals surface area contributed by atoms with Gasteiger partial charge in [-0.3, -0.25) is 14.6 Å². The van der Waals surface area contributed by atoms with Crippen molar-refractivity contribution >= 4 is 38.8 Å². The summed E-state index contributed by atoms with van der Waals surface area (Å²) < 4.78 is 3.32. The zero-order valence-electron chi connectivity index (χ0n) is 18.6. The summed E-state index contributed by atoms with van der Waals surface area (Å²) in [6.07, 6.45) is 3.64. The third-order valence-electron chi connectivity index (χ3n) is 7.16. The van der Waals surface area contributed by atoms with Crippen LogP contribution in [0.1, 0.15) is 24.4 Å². The number of nitrogen functional groups attached to an aromatic ring is 1. The molecule has 5 aromatic rings. The normalized spacial score (nSPS) is 22.9. The predicted molar refractivity (Wildman–Crippen MR) is 128 cm³/mol. The van der Waals surface area contributed by atoms with Crippen LogP contribution in [-0.4, -0.2) is 51.7 Å². The molecule has 4 aromatic heterocycles. The van der Waals surface area contributed by atoms with Crippen LogP contribution in [0.2, 0.25) is 0 Å². The fourth-order valence-electron chi connectivity index (χ4n) is 5.28. The lowest BCUT2D eigenvalue weighted by Crippen LogP contribution is -2.29. The van der Waals surface area contributed by atoms with E-state index >= 15 is 0 Å². The lowest BCUT2D eigenvalue weighted by Gasteiger charge is -2.19. The van der Waals surface area contributed by atoms with Gasteiger partial charge in [-0.25, -0.2) is 15.0 Å². The zero-order valence-corrected chi connectivity index (χ0v) is 18.6. The number of H-pyrrole nitrogens is 1. The topological polar surface area (TPSA) is 148 Å². The summed E-state index contributed by atoms with van der Waals surface area (Å²) >= 11 is 0. The van der Waals surface area contributed by atoms with Crippen LogP contribution < -0.4 is 11.3 Å². The molecule has 5 N–H and O–H groups in total. The Morgan fingerprint density at radius 3 is 2.85 bits per heavy atom. The van der Waals surface area contributed by atoms with Crippen LogP contribution in [0.4, 0.5) is 5.82 Å². The number of nitrogens with zero attached hydrogens (tertiary/aromatic N) is 5. The molecule has 0 spiro atoms. The Morgan fingerprint density at radius 2 is 2.00 bits per heavy atom. The minimum absolute atomic E-state index is 0.0618. The zero-order chi connectivity index (χ0) is 23.6. The van der Waals surface area contributed by atoms with Gasteiger partial charge in [-0.05, 0) is 48.9 Å². The number of fused-ring (bicyclic) bond motifs is 3. The predicted octanol–water partition coefficient (Wildman–Crippen LogP) is 1.66. The quantitative estimate of drug-likeness (QED) is 0.319. The van der Waals surface area contributed by atoms with Gasteiger partial charge in [0.1, 0.15) is 23.9 Å². The number of rotatable bonds is 4. The summed E-state index contributed by atoms with van der Waals surface area (Å²) in [5.41, 5.74) is 8.99. The molecule has 1 aliphatic carbocycles. The number of aliphatic hydroxyl groups is 2. The second-order valence-electron chi connectivity index (χ2n) is 9.19. The first-order chi connectivity index (χ1) is 16.4. The van der Waals surface area contributed by atoms with Crippen molar-refractivity contribution in [3.8, 4) is 0 Å². The largest absolute Gasteiger partial charge is 0.390 e. The molecular formula is C24H25N7O3. The van der Waals surface area contributed by atoms with Crippen LogP contribution in [0.3, 0.4) is 0 Å². The van der Waals surface area contributed by atoms with Crippen LogP contribution in [0.5, 0.6) is 0 Å². The fraction of sp³-hybridized carbons (Fsp3) is 0.333. The monoisotopic (exact) mass is 459 g/mol. The van der Waals surface area contributed by atoms with E-state index in [1.54, 1.807) is 7.05 Å².